The topological polar surface area (TPSA) is 102 Å². The van der Waals surface area contributed by atoms with Crippen molar-refractivity contribution in [1.82, 2.24) is 4.72 Å². The molecule has 9 heteroatoms. The molecule has 1 unspecified atom stereocenters. The van der Waals surface area contributed by atoms with E-state index >= 15 is 0 Å². The summed E-state index contributed by atoms with van der Waals surface area (Å²) in [6.45, 7) is 11.3. The van der Waals surface area contributed by atoms with Gasteiger partial charge in [0.05, 0.1) is 16.4 Å². The quantitative estimate of drug-likeness (QED) is 0.637. The van der Waals surface area contributed by atoms with E-state index < -0.39 is 26.1 Å². The van der Waals surface area contributed by atoms with Crippen LogP contribution in [0.4, 0.5) is 5.69 Å². The second-order valence-corrected chi connectivity index (χ2v) is 10.9. The van der Waals surface area contributed by atoms with Crippen LogP contribution < -0.4 is 9.44 Å². The van der Waals surface area contributed by atoms with Gasteiger partial charge in [-0.3, -0.25) is 4.72 Å². The number of sulfonamides is 2. The Morgan fingerprint density at radius 1 is 0.800 bits per heavy atom. The molecule has 0 aliphatic rings. The summed E-state index contributed by atoms with van der Waals surface area (Å²) in [6, 6.07) is 5.21. The average molecular weight is 455 g/mol. The Balaban J connectivity index is 2.34. The first kappa shape index (κ1) is 24.3. The number of anilines is 1. The van der Waals surface area contributed by atoms with Gasteiger partial charge in [-0.05, 0) is 93.6 Å². The number of methoxy groups -OCH3 is 1. The Morgan fingerprint density at radius 2 is 1.27 bits per heavy atom. The molecule has 0 saturated heterocycles. The smallest absolute Gasteiger partial charge is 0.262 e. The van der Waals surface area contributed by atoms with Gasteiger partial charge in [0.2, 0.25) is 10.0 Å². The summed E-state index contributed by atoms with van der Waals surface area (Å²) in [5.74, 6) is 0. The molecular weight excluding hydrogens is 424 g/mol. The van der Waals surface area contributed by atoms with Crippen molar-refractivity contribution >= 4 is 25.7 Å². The fourth-order valence-electron chi connectivity index (χ4n) is 3.39. The molecule has 0 fully saturated rings. The second-order valence-electron chi connectivity index (χ2n) is 7.56. The van der Waals surface area contributed by atoms with Crippen LogP contribution in [0, 0.1) is 34.6 Å². The molecule has 0 saturated carbocycles. The van der Waals surface area contributed by atoms with Gasteiger partial charge in [-0.25, -0.2) is 21.6 Å². The summed E-state index contributed by atoms with van der Waals surface area (Å²) in [6.07, 6.45) is 0. The van der Waals surface area contributed by atoms with Gasteiger partial charge in [0.25, 0.3) is 10.0 Å². The van der Waals surface area contributed by atoms with Gasteiger partial charge in [-0.1, -0.05) is 0 Å². The zero-order valence-electron chi connectivity index (χ0n) is 18.5. The van der Waals surface area contributed by atoms with Gasteiger partial charge in [0.15, 0.2) is 0 Å². The maximum absolute atomic E-state index is 13.1. The van der Waals surface area contributed by atoms with E-state index in [0.29, 0.717) is 11.1 Å². The lowest BCUT2D eigenvalue weighted by Crippen LogP contribution is -2.35. The molecule has 7 nitrogen and oxygen atoms in total. The molecule has 0 radical (unpaired) electrons. The number of hydrogen-bond donors (Lipinski definition) is 2. The molecule has 0 aromatic heterocycles. The van der Waals surface area contributed by atoms with Crippen LogP contribution in [-0.4, -0.2) is 36.6 Å². The highest BCUT2D eigenvalue weighted by Crippen LogP contribution is 2.31. The van der Waals surface area contributed by atoms with Crippen molar-refractivity contribution in [3.63, 3.8) is 0 Å². The van der Waals surface area contributed by atoms with Crippen LogP contribution in [0.2, 0.25) is 0 Å². The first-order chi connectivity index (χ1) is 13.8. The fourth-order valence-corrected chi connectivity index (χ4v) is 6.28. The number of hydrogen-bond acceptors (Lipinski definition) is 5. The molecule has 0 heterocycles. The largest absolute Gasteiger partial charge is 0.383 e. The summed E-state index contributed by atoms with van der Waals surface area (Å²) in [5.41, 5.74) is 4.66. The van der Waals surface area contributed by atoms with Crippen LogP contribution in [0.1, 0.15) is 34.7 Å². The number of benzene rings is 2. The highest BCUT2D eigenvalue weighted by molar-refractivity contribution is 7.92. The molecular formula is C21H30N2O5S2. The summed E-state index contributed by atoms with van der Waals surface area (Å²) in [7, 11) is -6.08. The lowest BCUT2D eigenvalue weighted by Gasteiger charge is -2.19. The van der Waals surface area contributed by atoms with Crippen molar-refractivity contribution < 1.29 is 21.6 Å². The zero-order chi connectivity index (χ0) is 22.9. The molecule has 30 heavy (non-hydrogen) atoms. The van der Waals surface area contributed by atoms with E-state index in [1.54, 1.807) is 20.8 Å². The number of ether oxygens (including phenoxy) is 1. The van der Waals surface area contributed by atoms with Gasteiger partial charge in [0.1, 0.15) is 0 Å². The van der Waals surface area contributed by atoms with Crippen LogP contribution in [0.15, 0.2) is 34.1 Å². The predicted octanol–water partition coefficient (Wildman–Crippen LogP) is 3.34. The maximum Gasteiger partial charge on any atom is 0.262 e. The van der Waals surface area contributed by atoms with Crippen LogP contribution in [0.25, 0.3) is 0 Å². The van der Waals surface area contributed by atoms with Crippen LogP contribution in [0.3, 0.4) is 0 Å². The summed E-state index contributed by atoms with van der Waals surface area (Å²) >= 11 is 0. The molecule has 1 atom stereocenters. The number of nitrogens with one attached hydrogen (secondary N) is 2. The van der Waals surface area contributed by atoms with Crippen LogP contribution in [-0.2, 0) is 24.8 Å². The third-order valence-corrected chi connectivity index (χ3v) is 8.65. The van der Waals surface area contributed by atoms with E-state index in [1.807, 2.05) is 20.8 Å². The van der Waals surface area contributed by atoms with Crippen molar-refractivity contribution in [3.05, 3.63) is 52.1 Å². The van der Waals surface area contributed by atoms with Gasteiger partial charge in [0, 0.05) is 18.8 Å². The van der Waals surface area contributed by atoms with Crippen LogP contribution >= 0.6 is 0 Å². The minimum Gasteiger partial charge on any atom is -0.383 e. The lowest BCUT2D eigenvalue weighted by molar-refractivity contribution is 0.180. The molecule has 0 aliphatic carbocycles. The van der Waals surface area contributed by atoms with E-state index in [0.717, 1.165) is 16.7 Å². The summed E-state index contributed by atoms with van der Waals surface area (Å²) in [5, 5.41) is 0. The molecule has 2 aromatic rings. The summed E-state index contributed by atoms with van der Waals surface area (Å²) in [4.78, 5) is 0.303. The van der Waals surface area contributed by atoms with Gasteiger partial charge in [-0.2, -0.15) is 0 Å². The van der Waals surface area contributed by atoms with Crippen molar-refractivity contribution in [2.24, 2.45) is 0 Å². The Morgan fingerprint density at radius 3 is 1.73 bits per heavy atom. The lowest BCUT2D eigenvalue weighted by atomic mass is 9.95. The van der Waals surface area contributed by atoms with E-state index in [1.165, 1.54) is 31.4 Å². The van der Waals surface area contributed by atoms with Crippen molar-refractivity contribution in [2.45, 2.75) is 57.4 Å². The first-order valence-corrected chi connectivity index (χ1v) is 12.5. The second kappa shape index (κ2) is 9.05. The Bertz CT molecular complexity index is 1110. The van der Waals surface area contributed by atoms with Crippen LogP contribution in [0.5, 0.6) is 0 Å². The highest BCUT2D eigenvalue weighted by Gasteiger charge is 2.24. The molecule has 2 rings (SSSR count). The molecule has 2 aromatic carbocycles. The molecule has 166 valence electrons. The monoisotopic (exact) mass is 454 g/mol. The van der Waals surface area contributed by atoms with E-state index in [4.69, 9.17) is 4.74 Å². The Kier molecular flexibility index (Phi) is 7.34. The molecule has 0 spiro atoms. The first-order valence-electron chi connectivity index (χ1n) is 9.53. The minimum atomic E-state index is -3.84. The Hall–Kier alpha value is -1.94. The molecule has 0 aliphatic heterocycles. The fraction of sp³-hybridized carbons (Fsp3) is 0.429. The predicted molar refractivity (Wildman–Crippen MR) is 119 cm³/mol. The SMILES string of the molecule is COCC(C)NS(=O)(=O)c1ccc(NS(=O)(=O)c2c(C)c(C)c(C)c(C)c2C)cc1. The zero-order valence-corrected chi connectivity index (χ0v) is 20.1. The molecule has 0 bridgehead atoms. The van der Waals surface area contributed by atoms with Gasteiger partial charge < -0.3 is 4.74 Å². The van der Waals surface area contributed by atoms with E-state index in [-0.39, 0.29) is 22.1 Å². The normalized spacial score (nSPS) is 13.3. The highest BCUT2D eigenvalue weighted by atomic mass is 32.2. The average Bonchev–Trinajstić information content (AvgIpc) is 2.64. The van der Waals surface area contributed by atoms with E-state index in [9.17, 15) is 16.8 Å². The summed E-state index contributed by atoms with van der Waals surface area (Å²) < 4.78 is 61.1. The maximum atomic E-state index is 13.1. The van der Waals surface area contributed by atoms with Crippen molar-refractivity contribution in [2.75, 3.05) is 18.4 Å². The Labute approximate surface area is 180 Å². The molecule has 0 amide bonds. The third-order valence-electron chi connectivity index (χ3n) is 5.39. The van der Waals surface area contributed by atoms with E-state index in [2.05, 4.69) is 9.44 Å². The standard InChI is InChI=1S/C21H30N2O5S2/c1-13(12-28-7)22-29(24,25)20-10-8-19(9-11-20)23-30(26,27)21-17(5)15(3)14(2)16(4)18(21)6/h8-11,13,22-23H,12H2,1-7H3. The number of rotatable bonds is 8. The van der Waals surface area contributed by atoms with Crippen molar-refractivity contribution in [1.29, 1.82) is 0 Å². The molecule has 2 N–H and O–H groups in total. The van der Waals surface area contributed by atoms with Gasteiger partial charge >= 0.3 is 0 Å². The van der Waals surface area contributed by atoms with Gasteiger partial charge in [-0.15, -0.1) is 0 Å². The van der Waals surface area contributed by atoms with Crippen molar-refractivity contribution in [3.8, 4) is 0 Å². The minimum absolute atomic E-state index is 0.0442. The third kappa shape index (κ3) is 5.03.